The lowest BCUT2D eigenvalue weighted by Crippen LogP contribution is -2.32. The van der Waals surface area contributed by atoms with Crippen LogP contribution in [0.1, 0.15) is 13.8 Å². The molecule has 0 unspecified atom stereocenters. The van der Waals surface area contributed by atoms with E-state index in [1.54, 1.807) is 0 Å². The van der Waals surface area contributed by atoms with Crippen molar-refractivity contribution in [2.45, 2.75) is 18.7 Å². The van der Waals surface area contributed by atoms with Gasteiger partial charge in [-0.25, -0.2) is 0 Å². The summed E-state index contributed by atoms with van der Waals surface area (Å²) in [5.41, 5.74) is 0. The zero-order valence-electron chi connectivity index (χ0n) is 11.3. The standard InChI is InChI=1S/C14H23ClN2S/c1-3-17(4-2)11-9-16-10-12-18-14-7-5-13(15)6-8-14/h5-8,16H,3-4,9-12H2,1-2H3. The van der Waals surface area contributed by atoms with E-state index < -0.39 is 0 Å². The number of nitrogens with zero attached hydrogens (tertiary/aromatic N) is 1. The smallest absolute Gasteiger partial charge is 0.0406 e. The van der Waals surface area contributed by atoms with E-state index >= 15 is 0 Å². The Morgan fingerprint density at radius 2 is 1.78 bits per heavy atom. The van der Waals surface area contributed by atoms with Crippen molar-refractivity contribution >= 4 is 23.4 Å². The van der Waals surface area contributed by atoms with Gasteiger partial charge in [-0.05, 0) is 37.4 Å². The van der Waals surface area contributed by atoms with Crippen molar-refractivity contribution in [3.8, 4) is 0 Å². The van der Waals surface area contributed by atoms with E-state index in [1.807, 2.05) is 23.9 Å². The molecule has 0 aromatic heterocycles. The van der Waals surface area contributed by atoms with Gasteiger partial charge in [0.05, 0.1) is 0 Å². The molecule has 0 heterocycles. The van der Waals surface area contributed by atoms with Gasteiger partial charge >= 0.3 is 0 Å². The first-order chi connectivity index (χ1) is 8.76. The Balaban J connectivity index is 2.03. The second-order valence-electron chi connectivity index (χ2n) is 4.08. The van der Waals surface area contributed by atoms with Crippen molar-refractivity contribution in [3.63, 3.8) is 0 Å². The highest BCUT2D eigenvalue weighted by molar-refractivity contribution is 7.99. The largest absolute Gasteiger partial charge is 0.315 e. The molecule has 0 aliphatic heterocycles. The van der Waals surface area contributed by atoms with Crippen LogP contribution in [-0.2, 0) is 0 Å². The topological polar surface area (TPSA) is 15.3 Å². The normalized spacial score (nSPS) is 11.1. The van der Waals surface area contributed by atoms with Crippen LogP contribution in [0, 0.1) is 0 Å². The zero-order chi connectivity index (χ0) is 13.2. The second kappa shape index (κ2) is 9.68. The molecule has 1 rings (SSSR count). The van der Waals surface area contributed by atoms with Crippen LogP contribution in [0.4, 0.5) is 0 Å². The van der Waals surface area contributed by atoms with Crippen LogP contribution in [0.5, 0.6) is 0 Å². The van der Waals surface area contributed by atoms with Gasteiger partial charge in [0.15, 0.2) is 0 Å². The van der Waals surface area contributed by atoms with Gasteiger partial charge < -0.3 is 10.2 Å². The number of halogens is 1. The maximum absolute atomic E-state index is 5.85. The molecule has 0 saturated carbocycles. The van der Waals surface area contributed by atoms with Gasteiger partial charge in [0, 0.05) is 35.3 Å². The number of rotatable bonds is 9. The molecular formula is C14H23ClN2S. The molecule has 0 aliphatic carbocycles. The predicted octanol–water partition coefficient (Wildman–Crippen LogP) is 3.36. The average Bonchev–Trinajstić information content (AvgIpc) is 2.40. The molecule has 1 aromatic rings. The molecule has 1 aromatic carbocycles. The summed E-state index contributed by atoms with van der Waals surface area (Å²) < 4.78 is 0. The Morgan fingerprint density at radius 3 is 2.39 bits per heavy atom. The number of hydrogen-bond donors (Lipinski definition) is 1. The van der Waals surface area contributed by atoms with Crippen LogP contribution in [0.25, 0.3) is 0 Å². The molecule has 0 saturated heterocycles. The van der Waals surface area contributed by atoms with Gasteiger partial charge in [-0.2, -0.15) is 0 Å². The maximum atomic E-state index is 5.85. The summed E-state index contributed by atoms with van der Waals surface area (Å²) in [7, 11) is 0. The highest BCUT2D eigenvalue weighted by Gasteiger charge is 1.98. The molecule has 2 nitrogen and oxygen atoms in total. The highest BCUT2D eigenvalue weighted by atomic mass is 35.5. The fourth-order valence-corrected chi connectivity index (χ4v) is 2.61. The maximum Gasteiger partial charge on any atom is 0.0406 e. The molecule has 1 N–H and O–H groups in total. The van der Waals surface area contributed by atoms with Crippen molar-refractivity contribution in [3.05, 3.63) is 29.3 Å². The van der Waals surface area contributed by atoms with Crippen LogP contribution >= 0.6 is 23.4 Å². The molecule has 0 fully saturated rings. The van der Waals surface area contributed by atoms with E-state index in [0.29, 0.717) is 0 Å². The summed E-state index contributed by atoms with van der Waals surface area (Å²) in [6, 6.07) is 8.03. The highest BCUT2D eigenvalue weighted by Crippen LogP contribution is 2.19. The van der Waals surface area contributed by atoms with Crippen LogP contribution in [0.3, 0.4) is 0 Å². The third-order valence-electron chi connectivity index (χ3n) is 2.86. The molecule has 0 aliphatic rings. The lowest BCUT2D eigenvalue weighted by atomic mass is 10.4. The van der Waals surface area contributed by atoms with E-state index in [2.05, 4.69) is 36.2 Å². The average molecular weight is 287 g/mol. The van der Waals surface area contributed by atoms with Crippen LogP contribution in [0.2, 0.25) is 5.02 Å². The summed E-state index contributed by atoms with van der Waals surface area (Å²) in [5.74, 6) is 1.10. The lowest BCUT2D eigenvalue weighted by molar-refractivity contribution is 0.303. The summed E-state index contributed by atoms with van der Waals surface area (Å²) in [6.45, 7) is 9.95. The van der Waals surface area contributed by atoms with Gasteiger partial charge in [0.1, 0.15) is 0 Å². The molecule has 0 amide bonds. The Bertz CT molecular complexity index is 312. The molecule has 0 spiro atoms. The van der Waals surface area contributed by atoms with E-state index in [9.17, 15) is 0 Å². The van der Waals surface area contributed by atoms with E-state index in [0.717, 1.165) is 43.5 Å². The minimum Gasteiger partial charge on any atom is -0.315 e. The Labute approximate surface area is 120 Å². The Kier molecular flexibility index (Phi) is 8.51. The summed E-state index contributed by atoms with van der Waals surface area (Å²) in [4.78, 5) is 3.71. The fraction of sp³-hybridized carbons (Fsp3) is 0.571. The molecule has 0 radical (unpaired) electrons. The van der Waals surface area contributed by atoms with Gasteiger partial charge in [0.2, 0.25) is 0 Å². The SMILES string of the molecule is CCN(CC)CCNCCSc1ccc(Cl)cc1. The van der Waals surface area contributed by atoms with Gasteiger partial charge in [-0.3, -0.25) is 0 Å². The first-order valence-corrected chi connectivity index (χ1v) is 7.94. The minimum atomic E-state index is 0.802. The summed E-state index contributed by atoms with van der Waals surface area (Å²) >= 11 is 7.71. The first-order valence-electron chi connectivity index (χ1n) is 6.57. The third-order valence-corrected chi connectivity index (χ3v) is 4.13. The first kappa shape index (κ1) is 15.8. The monoisotopic (exact) mass is 286 g/mol. The molecular weight excluding hydrogens is 264 g/mol. The van der Waals surface area contributed by atoms with Crippen molar-refractivity contribution in [1.82, 2.24) is 10.2 Å². The minimum absolute atomic E-state index is 0.802. The molecule has 4 heteroatoms. The number of nitrogens with one attached hydrogen (secondary N) is 1. The van der Waals surface area contributed by atoms with E-state index in [1.165, 1.54) is 4.90 Å². The third kappa shape index (κ3) is 6.64. The van der Waals surface area contributed by atoms with Crippen molar-refractivity contribution in [2.75, 3.05) is 38.5 Å². The molecule has 0 bridgehead atoms. The Morgan fingerprint density at radius 1 is 1.11 bits per heavy atom. The quantitative estimate of drug-likeness (QED) is 0.553. The zero-order valence-corrected chi connectivity index (χ0v) is 12.9. The number of benzene rings is 1. The van der Waals surface area contributed by atoms with Gasteiger partial charge in [-0.1, -0.05) is 25.4 Å². The number of hydrogen-bond acceptors (Lipinski definition) is 3. The van der Waals surface area contributed by atoms with Gasteiger partial charge in [-0.15, -0.1) is 11.8 Å². The Hall–Kier alpha value is -0.220. The number of likely N-dealkylation sites (N-methyl/N-ethyl adjacent to an activating group) is 1. The van der Waals surface area contributed by atoms with E-state index in [-0.39, 0.29) is 0 Å². The van der Waals surface area contributed by atoms with Crippen LogP contribution < -0.4 is 5.32 Å². The fourth-order valence-electron chi connectivity index (χ4n) is 1.67. The second-order valence-corrected chi connectivity index (χ2v) is 5.68. The lowest BCUT2D eigenvalue weighted by Gasteiger charge is -2.17. The van der Waals surface area contributed by atoms with Crippen molar-refractivity contribution in [2.24, 2.45) is 0 Å². The van der Waals surface area contributed by atoms with Crippen LogP contribution in [0.15, 0.2) is 29.2 Å². The summed E-state index contributed by atoms with van der Waals surface area (Å²) in [5, 5.41) is 4.28. The van der Waals surface area contributed by atoms with Crippen molar-refractivity contribution in [1.29, 1.82) is 0 Å². The van der Waals surface area contributed by atoms with Gasteiger partial charge in [0.25, 0.3) is 0 Å². The van der Waals surface area contributed by atoms with Crippen LogP contribution in [-0.4, -0.2) is 43.4 Å². The molecule has 0 atom stereocenters. The summed E-state index contributed by atoms with van der Waals surface area (Å²) in [6.07, 6.45) is 0. The molecule has 18 heavy (non-hydrogen) atoms. The predicted molar refractivity (Wildman–Crippen MR) is 82.8 cm³/mol. The van der Waals surface area contributed by atoms with E-state index in [4.69, 9.17) is 11.6 Å². The molecule has 102 valence electrons. The number of thioether (sulfide) groups is 1. The van der Waals surface area contributed by atoms with Crippen molar-refractivity contribution < 1.29 is 0 Å².